The highest BCUT2D eigenvalue weighted by Gasteiger charge is 2.08. The minimum Gasteiger partial charge on any atom is -0.497 e. The number of pyridine rings is 1. The Kier molecular flexibility index (Phi) is 3.36. The molecule has 0 aliphatic rings. The molecular formula is C17H16N2O2. The molecule has 21 heavy (non-hydrogen) atoms. The Morgan fingerprint density at radius 2 is 1.90 bits per heavy atom. The Balaban J connectivity index is 2.06. The van der Waals surface area contributed by atoms with Crippen molar-refractivity contribution in [3.8, 4) is 17.4 Å². The maximum absolute atomic E-state index is 5.94. The first-order chi connectivity index (χ1) is 10.2. The Morgan fingerprint density at radius 1 is 1.05 bits per heavy atom. The van der Waals surface area contributed by atoms with E-state index in [9.17, 15) is 0 Å². The Bertz CT molecular complexity index is 800. The van der Waals surface area contributed by atoms with Crippen LogP contribution in [0.2, 0.25) is 0 Å². The second kappa shape index (κ2) is 5.32. The summed E-state index contributed by atoms with van der Waals surface area (Å²) >= 11 is 0. The molecule has 0 unspecified atom stereocenters. The number of ether oxygens (including phenoxy) is 2. The largest absolute Gasteiger partial charge is 0.497 e. The van der Waals surface area contributed by atoms with Crippen molar-refractivity contribution in [2.75, 3.05) is 12.8 Å². The van der Waals surface area contributed by atoms with E-state index in [4.69, 9.17) is 15.2 Å². The molecular weight excluding hydrogens is 264 g/mol. The van der Waals surface area contributed by atoms with E-state index in [1.54, 1.807) is 19.4 Å². The first-order valence-electron chi connectivity index (χ1n) is 6.64. The molecule has 1 heterocycles. The highest BCUT2D eigenvalue weighted by Crippen LogP contribution is 2.32. The minimum absolute atomic E-state index is 0.559. The number of aromatic nitrogens is 1. The summed E-state index contributed by atoms with van der Waals surface area (Å²) in [5.74, 6) is 2.08. The first kappa shape index (κ1) is 13.2. The molecule has 0 aliphatic heterocycles. The number of benzene rings is 2. The van der Waals surface area contributed by atoms with Gasteiger partial charge in [0.15, 0.2) is 0 Å². The molecule has 4 nitrogen and oxygen atoms in total. The lowest BCUT2D eigenvalue weighted by Crippen LogP contribution is -1.94. The van der Waals surface area contributed by atoms with Crippen LogP contribution in [0.4, 0.5) is 5.69 Å². The van der Waals surface area contributed by atoms with Crippen LogP contribution in [-0.4, -0.2) is 12.1 Å². The van der Waals surface area contributed by atoms with E-state index in [2.05, 4.69) is 4.98 Å². The van der Waals surface area contributed by atoms with Crippen molar-refractivity contribution in [3.63, 3.8) is 0 Å². The number of nitrogens with zero attached hydrogens (tertiary/aromatic N) is 1. The summed E-state index contributed by atoms with van der Waals surface area (Å²) in [4.78, 5) is 4.32. The van der Waals surface area contributed by atoms with Crippen LogP contribution in [0, 0.1) is 6.92 Å². The smallest absolute Gasteiger partial charge is 0.227 e. The molecule has 0 saturated heterocycles. The van der Waals surface area contributed by atoms with Gasteiger partial charge in [0.05, 0.1) is 7.11 Å². The molecule has 0 saturated carbocycles. The van der Waals surface area contributed by atoms with Crippen molar-refractivity contribution in [1.82, 2.24) is 4.98 Å². The van der Waals surface area contributed by atoms with Gasteiger partial charge in [-0.05, 0) is 48.2 Å². The zero-order valence-corrected chi connectivity index (χ0v) is 12.0. The zero-order valence-electron chi connectivity index (χ0n) is 12.0. The van der Waals surface area contributed by atoms with E-state index >= 15 is 0 Å². The highest BCUT2D eigenvalue weighted by atomic mass is 16.5. The number of aryl methyl sites for hydroxylation is 1. The normalized spacial score (nSPS) is 10.6. The van der Waals surface area contributed by atoms with Gasteiger partial charge >= 0.3 is 0 Å². The van der Waals surface area contributed by atoms with Crippen LogP contribution in [-0.2, 0) is 0 Å². The van der Waals surface area contributed by atoms with Gasteiger partial charge in [0.2, 0.25) is 5.88 Å². The summed E-state index contributed by atoms with van der Waals surface area (Å²) in [5, 5.41) is 1.95. The van der Waals surface area contributed by atoms with Crippen molar-refractivity contribution in [3.05, 3.63) is 54.2 Å². The van der Waals surface area contributed by atoms with Crippen LogP contribution < -0.4 is 15.2 Å². The number of nitrogens with two attached hydrogens (primary N) is 1. The molecule has 1 aromatic heterocycles. The molecule has 3 aromatic rings. The summed E-state index contributed by atoms with van der Waals surface area (Å²) < 4.78 is 11.2. The SMILES string of the molecule is COc1ccc2c(Oc3cc(N)ccc3C)nccc2c1. The van der Waals surface area contributed by atoms with Crippen molar-refractivity contribution < 1.29 is 9.47 Å². The fourth-order valence-electron chi connectivity index (χ4n) is 2.17. The van der Waals surface area contributed by atoms with Gasteiger partial charge in [0.1, 0.15) is 11.5 Å². The van der Waals surface area contributed by atoms with Gasteiger partial charge < -0.3 is 15.2 Å². The van der Waals surface area contributed by atoms with Gasteiger partial charge in [-0.2, -0.15) is 0 Å². The van der Waals surface area contributed by atoms with E-state index in [1.807, 2.05) is 43.3 Å². The average molecular weight is 280 g/mol. The zero-order chi connectivity index (χ0) is 14.8. The molecule has 0 radical (unpaired) electrons. The number of hydrogen-bond donors (Lipinski definition) is 1. The molecule has 0 amide bonds. The number of nitrogen functional groups attached to an aromatic ring is 1. The van der Waals surface area contributed by atoms with E-state index in [-0.39, 0.29) is 0 Å². The van der Waals surface area contributed by atoms with E-state index in [0.29, 0.717) is 17.3 Å². The maximum Gasteiger partial charge on any atom is 0.227 e. The maximum atomic E-state index is 5.94. The lowest BCUT2D eigenvalue weighted by atomic mass is 10.1. The first-order valence-corrected chi connectivity index (χ1v) is 6.64. The molecule has 2 aromatic carbocycles. The highest BCUT2D eigenvalue weighted by molar-refractivity contribution is 5.88. The summed E-state index contributed by atoms with van der Waals surface area (Å²) in [6.07, 6.45) is 1.72. The number of anilines is 1. The van der Waals surface area contributed by atoms with Crippen LogP contribution in [0.15, 0.2) is 48.7 Å². The van der Waals surface area contributed by atoms with Crippen molar-refractivity contribution >= 4 is 16.5 Å². The van der Waals surface area contributed by atoms with E-state index in [0.717, 1.165) is 22.1 Å². The third kappa shape index (κ3) is 2.60. The van der Waals surface area contributed by atoms with Gasteiger partial charge in [-0.15, -0.1) is 0 Å². The second-order valence-corrected chi connectivity index (χ2v) is 4.83. The lowest BCUT2D eigenvalue weighted by Gasteiger charge is -2.11. The molecule has 0 atom stereocenters. The van der Waals surface area contributed by atoms with Crippen molar-refractivity contribution in [2.24, 2.45) is 0 Å². The molecule has 2 N–H and O–H groups in total. The van der Waals surface area contributed by atoms with Crippen LogP contribution in [0.5, 0.6) is 17.4 Å². The summed E-state index contributed by atoms with van der Waals surface area (Å²) in [7, 11) is 1.65. The van der Waals surface area contributed by atoms with Gasteiger partial charge in [-0.3, -0.25) is 0 Å². The number of hydrogen-bond acceptors (Lipinski definition) is 4. The number of rotatable bonds is 3. The summed E-state index contributed by atoms with van der Waals surface area (Å²) in [6.45, 7) is 1.98. The fourth-order valence-corrected chi connectivity index (χ4v) is 2.17. The van der Waals surface area contributed by atoms with E-state index in [1.165, 1.54) is 0 Å². The Morgan fingerprint density at radius 3 is 2.71 bits per heavy atom. The second-order valence-electron chi connectivity index (χ2n) is 4.83. The van der Waals surface area contributed by atoms with Crippen LogP contribution in [0.25, 0.3) is 10.8 Å². The monoisotopic (exact) mass is 280 g/mol. The molecule has 0 aliphatic carbocycles. The standard InChI is InChI=1S/C17H16N2O2/c1-11-3-4-13(18)10-16(11)21-17-15-6-5-14(20-2)9-12(15)7-8-19-17/h3-10H,18H2,1-2H3. The molecule has 0 fully saturated rings. The summed E-state index contributed by atoms with van der Waals surface area (Å²) in [5.41, 5.74) is 7.49. The molecule has 0 spiro atoms. The van der Waals surface area contributed by atoms with Crippen LogP contribution >= 0.6 is 0 Å². The number of methoxy groups -OCH3 is 1. The summed E-state index contributed by atoms with van der Waals surface area (Å²) in [6, 6.07) is 13.3. The predicted molar refractivity (Wildman–Crippen MR) is 84.0 cm³/mol. The van der Waals surface area contributed by atoms with Gasteiger partial charge in [0, 0.05) is 23.3 Å². The Labute approximate surface area is 123 Å². The fraction of sp³-hybridized carbons (Fsp3) is 0.118. The van der Waals surface area contributed by atoms with Gasteiger partial charge in [-0.25, -0.2) is 4.98 Å². The van der Waals surface area contributed by atoms with Crippen molar-refractivity contribution in [2.45, 2.75) is 6.92 Å². The van der Waals surface area contributed by atoms with Crippen LogP contribution in [0.3, 0.4) is 0 Å². The third-order valence-electron chi connectivity index (χ3n) is 3.35. The van der Waals surface area contributed by atoms with E-state index < -0.39 is 0 Å². The molecule has 0 bridgehead atoms. The van der Waals surface area contributed by atoms with Crippen LogP contribution in [0.1, 0.15) is 5.56 Å². The molecule has 106 valence electrons. The number of fused-ring (bicyclic) bond motifs is 1. The predicted octanol–water partition coefficient (Wildman–Crippen LogP) is 3.93. The van der Waals surface area contributed by atoms with Crippen molar-refractivity contribution in [1.29, 1.82) is 0 Å². The molecule has 4 heteroatoms. The topological polar surface area (TPSA) is 57.4 Å². The quantitative estimate of drug-likeness (QED) is 0.739. The lowest BCUT2D eigenvalue weighted by molar-refractivity contribution is 0.415. The van der Waals surface area contributed by atoms with Gasteiger partial charge in [0.25, 0.3) is 0 Å². The Hall–Kier alpha value is -2.75. The third-order valence-corrected chi connectivity index (χ3v) is 3.35. The minimum atomic E-state index is 0.559. The average Bonchev–Trinajstić information content (AvgIpc) is 2.50. The molecule has 3 rings (SSSR count). The van der Waals surface area contributed by atoms with Gasteiger partial charge in [-0.1, -0.05) is 6.07 Å².